The molecule has 17 heavy (non-hydrogen) atoms. The molecule has 0 bridgehead atoms. The fourth-order valence-corrected chi connectivity index (χ4v) is 2.70. The summed E-state index contributed by atoms with van der Waals surface area (Å²) in [5.74, 6) is -1.13. The Morgan fingerprint density at radius 2 is 1.76 bits per heavy atom. The number of hydrogen-bond acceptors (Lipinski definition) is 3. The fourth-order valence-electron chi connectivity index (χ4n) is 2.70. The average Bonchev–Trinajstić information content (AvgIpc) is 2.19. The summed E-state index contributed by atoms with van der Waals surface area (Å²) < 4.78 is 0. The Balaban J connectivity index is 2.04. The molecule has 0 atom stereocenters. The normalized spacial score (nSPS) is 23.4. The molecule has 0 aromatic heterocycles. The molecule has 0 spiro atoms. The van der Waals surface area contributed by atoms with Crippen LogP contribution < -0.4 is 0 Å². The van der Waals surface area contributed by atoms with Gasteiger partial charge in [0.25, 0.3) is 0 Å². The molecule has 5 heteroatoms. The number of rotatable bonds is 4. The van der Waals surface area contributed by atoms with Crippen LogP contribution in [0.2, 0.25) is 0 Å². The van der Waals surface area contributed by atoms with Crippen LogP contribution in [0.4, 0.5) is 0 Å². The molecule has 1 heterocycles. The van der Waals surface area contributed by atoms with Crippen molar-refractivity contribution in [3.05, 3.63) is 0 Å². The number of piperidine rings is 1. The van der Waals surface area contributed by atoms with Crippen LogP contribution in [0.5, 0.6) is 0 Å². The highest BCUT2D eigenvalue weighted by molar-refractivity contribution is 5.97. The van der Waals surface area contributed by atoms with Gasteiger partial charge in [0, 0.05) is 19.4 Å². The molecule has 0 radical (unpaired) electrons. The number of nitrogens with zero attached hydrogens (tertiary/aromatic N) is 1. The number of likely N-dealkylation sites (tertiary alicyclic amines) is 1. The Morgan fingerprint density at radius 1 is 1.18 bits per heavy atom. The van der Waals surface area contributed by atoms with Crippen LogP contribution in [0.3, 0.4) is 0 Å². The molecule has 0 unspecified atom stereocenters. The SMILES string of the molecule is O=C(O)CC1(CN2C(=O)CCCC2=O)CCC1. The van der Waals surface area contributed by atoms with E-state index < -0.39 is 5.97 Å². The van der Waals surface area contributed by atoms with Crippen LogP contribution in [0.25, 0.3) is 0 Å². The lowest BCUT2D eigenvalue weighted by atomic mass is 9.66. The summed E-state index contributed by atoms with van der Waals surface area (Å²) in [6.45, 7) is 0.303. The number of carboxylic acids is 1. The summed E-state index contributed by atoms with van der Waals surface area (Å²) in [6, 6.07) is 0. The van der Waals surface area contributed by atoms with Crippen molar-refractivity contribution in [1.29, 1.82) is 0 Å². The molecule has 2 aliphatic rings. The first-order chi connectivity index (χ1) is 8.02. The first kappa shape index (κ1) is 12.1. The largest absolute Gasteiger partial charge is 0.481 e. The van der Waals surface area contributed by atoms with Gasteiger partial charge in [-0.3, -0.25) is 19.3 Å². The van der Waals surface area contributed by atoms with Gasteiger partial charge in [-0.2, -0.15) is 0 Å². The Hall–Kier alpha value is -1.39. The van der Waals surface area contributed by atoms with Gasteiger partial charge in [0.05, 0.1) is 6.42 Å². The molecule has 1 saturated heterocycles. The summed E-state index contributed by atoms with van der Waals surface area (Å²) in [7, 11) is 0. The minimum absolute atomic E-state index is 0.0596. The first-order valence-electron chi connectivity index (χ1n) is 6.07. The molecule has 2 amide bonds. The van der Waals surface area contributed by atoms with Crippen LogP contribution in [-0.4, -0.2) is 34.3 Å². The lowest BCUT2D eigenvalue weighted by Gasteiger charge is -2.44. The molecule has 1 N–H and O–H groups in total. The van der Waals surface area contributed by atoms with Gasteiger partial charge in [-0.05, 0) is 24.7 Å². The number of aliphatic carboxylic acids is 1. The molecule has 0 aromatic rings. The Morgan fingerprint density at radius 3 is 2.18 bits per heavy atom. The zero-order valence-electron chi connectivity index (χ0n) is 9.78. The molecule has 94 valence electrons. The number of carboxylic acid groups (broad SMARTS) is 1. The van der Waals surface area contributed by atoms with Gasteiger partial charge in [0.2, 0.25) is 11.8 Å². The third-order valence-corrected chi connectivity index (χ3v) is 3.82. The van der Waals surface area contributed by atoms with Gasteiger partial charge in [-0.25, -0.2) is 0 Å². The van der Waals surface area contributed by atoms with Crippen molar-refractivity contribution >= 4 is 17.8 Å². The quantitative estimate of drug-likeness (QED) is 0.747. The second-order valence-electron chi connectivity index (χ2n) is 5.15. The smallest absolute Gasteiger partial charge is 0.303 e. The van der Waals surface area contributed by atoms with E-state index in [0.29, 0.717) is 25.8 Å². The molecule has 1 saturated carbocycles. The zero-order chi connectivity index (χ0) is 12.5. The van der Waals surface area contributed by atoms with E-state index in [9.17, 15) is 14.4 Å². The summed E-state index contributed by atoms with van der Waals surface area (Å²) >= 11 is 0. The van der Waals surface area contributed by atoms with Crippen LogP contribution in [0, 0.1) is 5.41 Å². The lowest BCUT2D eigenvalue weighted by molar-refractivity contribution is -0.154. The number of carbonyl (C=O) groups is 3. The monoisotopic (exact) mass is 239 g/mol. The minimum atomic E-state index is -0.846. The Labute approximate surface area is 99.8 Å². The third kappa shape index (κ3) is 2.48. The van der Waals surface area contributed by atoms with Crippen molar-refractivity contribution in [1.82, 2.24) is 4.90 Å². The minimum Gasteiger partial charge on any atom is -0.481 e. The maximum absolute atomic E-state index is 11.7. The van der Waals surface area contributed by atoms with Gasteiger partial charge in [-0.1, -0.05) is 6.42 Å². The topological polar surface area (TPSA) is 74.7 Å². The Bertz CT molecular complexity index is 344. The van der Waals surface area contributed by atoms with Crippen molar-refractivity contribution in [2.45, 2.75) is 44.9 Å². The molecule has 1 aliphatic carbocycles. The third-order valence-electron chi connectivity index (χ3n) is 3.82. The van der Waals surface area contributed by atoms with Crippen molar-refractivity contribution < 1.29 is 19.5 Å². The summed E-state index contributed by atoms with van der Waals surface area (Å²) in [5, 5.41) is 8.89. The second-order valence-corrected chi connectivity index (χ2v) is 5.15. The number of imide groups is 1. The van der Waals surface area contributed by atoms with E-state index in [1.54, 1.807) is 0 Å². The van der Waals surface area contributed by atoms with Crippen LogP contribution in [0.1, 0.15) is 44.9 Å². The van der Waals surface area contributed by atoms with Gasteiger partial charge in [0.15, 0.2) is 0 Å². The standard InChI is InChI=1S/C12H17NO4/c14-9-3-1-4-10(15)13(9)8-12(5-2-6-12)7-11(16)17/h1-8H2,(H,16,17). The van der Waals surface area contributed by atoms with Crippen molar-refractivity contribution in [2.75, 3.05) is 6.54 Å². The van der Waals surface area contributed by atoms with E-state index in [1.165, 1.54) is 4.90 Å². The van der Waals surface area contributed by atoms with Crippen molar-refractivity contribution in [2.24, 2.45) is 5.41 Å². The predicted octanol–water partition coefficient (Wildman–Crippen LogP) is 1.17. The first-order valence-corrected chi connectivity index (χ1v) is 6.07. The highest BCUT2D eigenvalue weighted by atomic mass is 16.4. The van der Waals surface area contributed by atoms with E-state index in [0.717, 1.165) is 19.3 Å². The van der Waals surface area contributed by atoms with Gasteiger partial charge in [-0.15, -0.1) is 0 Å². The van der Waals surface area contributed by atoms with Gasteiger partial charge < -0.3 is 5.11 Å². The number of amides is 2. The fraction of sp³-hybridized carbons (Fsp3) is 0.750. The average molecular weight is 239 g/mol. The van der Waals surface area contributed by atoms with E-state index in [4.69, 9.17) is 5.11 Å². The summed E-state index contributed by atoms with van der Waals surface area (Å²) in [4.78, 5) is 35.4. The van der Waals surface area contributed by atoms with E-state index in [-0.39, 0.29) is 23.7 Å². The van der Waals surface area contributed by atoms with E-state index in [1.807, 2.05) is 0 Å². The molecule has 2 fully saturated rings. The molecule has 5 nitrogen and oxygen atoms in total. The van der Waals surface area contributed by atoms with Gasteiger partial charge >= 0.3 is 5.97 Å². The maximum Gasteiger partial charge on any atom is 0.303 e. The molecule has 0 aromatic carbocycles. The summed E-state index contributed by atoms with van der Waals surface area (Å²) in [5.41, 5.74) is -0.353. The molecular weight excluding hydrogens is 222 g/mol. The zero-order valence-corrected chi connectivity index (χ0v) is 9.78. The Kier molecular flexibility index (Phi) is 3.17. The predicted molar refractivity (Wildman–Crippen MR) is 59.1 cm³/mol. The number of carbonyl (C=O) groups excluding carboxylic acids is 2. The van der Waals surface area contributed by atoms with Gasteiger partial charge in [0.1, 0.15) is 0 Å². The van der Waals surface area contributed by atoms with E-state index in [2.05, 4.69) is 0 Å². The summed E-state index contributed by atoms with van der Waals surface area (Å²) in [6.07, 6.45) is 4.10. The van der Waals surface area contributed by atoms with Crippen molar-refractivity contribution in [3.8, 4) is 0 Å². The maximum atomic E-state index is 11.7. The molecule has 2 rings (SSSR count). The molecular formula is C12H17NO4. The highest BCUT2D eigenvalue weighted by Gasteiger charge is 2.43. The number of hydrogen-bond donors (Lipinski definition) is 1. The highest BCUT2D eigenvalue weighted by Crippen LogP contribution is 2.45. The van der Waals surface area contributed by atoms with Crippen molar-refractivity contribution in [3.63, 3.8) is 0 Å². The molecule has 1 aliphatic heterocycles. The van der Waals surface area contributed by atoms with Crippen LogP contribution in [0.15, 0.2) is 0 Å². The van der Waals surface area contributed by atoms with Crippen LogP contribution in [-0.2, 0) is 14.4 Å². The lowest BCUT2D eigenvalue weighted by Crippen LogP contribution is -2.49. The second kappa shape index (κ2) is 4.47. The van der Waals surface area contributed by atoms with Crippen LogP contribution >= 0.6 is 0 Å². The van der Waals surface area contributed by atoms with E-state index >= 15 is 0 Å².